The highest BCUT2D eigenvalue weighted by Gasteiger charge is 2.31. The summed E-state index contributed by atoms with van der Waals surface area (Å²) in [5.41, 5.74) is 3.08. The topological polar surface area (TPSA) is 55.8 Å². The van der Waals surface area contributed by atoms with Crippen LogP contribution in [0.3, 0.4) is 0 Å². The number of ether oxygens (including phenoxy) is 2. The minimum Gasteiger partial charge on any atom is -0.482 e. The highest BCUT2D eigenvalue weighted by atomic mass is 32.2. The number of aliphatic carboxylic acids is 1. The van der Waals surface area contributed by atoms with Crippen LogP contribution < -0.4 is 9.47 Å². The fourth-order valence-electron chi connectivity index (χ4n) is 3.12. The summed E-state index contributed by atoms with van der Waals surface area (Å²) >= 11 is 1.54. The number of rotatable bonds is 9. The van der Waals surface area contributed by atoms with Crippen LogP contribution in [0, 0.1) is 6.92 Å². The van der Waals surface area contributed by atoms with Crippen molar-refractivity contribution in [3.8, 4) is 11.5 Å². The van der Waals surface area contributed by atoms with E-state index in [1.165, 1.54) is 18.2 Å². The van der Waals surface area contributed by atoms with Crippen molar-refractivity contribution in [2.24, 2.45) is 0 Å². The number of benzene rings is 3. The lowest BCUT2D eigenvalue weighted by atomic mass is 9.98. The van der Waals surface area contributed by atoms with E-state index < -0.39 is 18.9 Å². The summed E-state index contributed by atoms with van der Waals surface area (Å²) in [4.78, 5) is 11.6. The van der Waals surface area contributed by atoms with Gasteiger partial charge in [0.1, 0.15) is 11.5 Å². The maximum Gasteiger partial charge on any atom is 0.573 e. The Morgan fingerprint density at radius 1 is 1.00 bits per heavy atom. The summed E-state index contributed by atoms with van der Waals surface area (Å²) in [7, 11) is 0. The molecule has 0 bridgehead atoms. The molecule has 172 valence electrons. The highest BCUT2D eigenvalue weighted by Crippen LogP contribution is 2.31. The molecule has 0 aliphatic heterocycles. The Balaban J connectivity index is 1.80. The van der Waals surface area contributed by atoms with Crippen LogP contribution in [-0.2, 0) is 4.79 Å². The molecule has 0 saturated heterocycles. The second-order valence-corrected chi connectivity index (χ2v) is 8.07. The molecule has 0 atom stereocenters. The van der Waals surface area contributed by atoms with Gasteiger partial charge in [-0.05, 0) is 59.5 Å². The predicted octanol–water partition coefficient (Wildman–Crippen LogP) is 6.58. The number of thioether (sulfide) groups is 1. The van der Waals surface area contributed by atoms with Crippen LogP contribution >= 0.6 is 11.8 Å². The van der Waals surface area contributed by atoms with E-state index in [1.54, 1.807) is 23.9 Å². The van der Waals surface area contributed by atoms with Crippen molar-refractivity contribution in [2.45, 2.75) is 18.2 Å². The Hall–Kier alpha value is -3.39. The normalized spacial score (nSPS) is 11.8. The van der Waals surface area contributed by atoms with Crippen molar-refractivity contribution < 1.29 is 32.5 Å². The first kappa shape index (κ1) is 24.3. The molecule has 33 heavy (non-hydrogen) atoms. The van der Waals surface area contributed by atoms with Gasteiger partial charge in [0.25, 0.3) is 0 Å². The fourth-order valence-corrected chi connectivity index (χ4v) is 3.98. The molecule has 3 aromatic carbocycles. The molecule has 0 unspecified atom stereocenters. The summed E-state index contributed by atoms with van der Waals surface area (Å²) in [6.07, 6.45) is -2.81. The summed E-state index contributed by atoms with van der Waals surface area (Å²) in [5.74, 6) is -0.259. The molecule has 8 heteroatoms. The van der Waals surface area contributed by atoms with Gasteiger partial charge in [-0.25, -0.2) is 4.79 Å². The molecule has 1 N–H and O–H groups in total. The first-order chi connectivity index (χ1) is 15.7. The molecule has 3 aromatic rings. The zero-order valence-corrected chi connectivity index (χ0v) is 18.5. The van der Waals surface area contributed by atoms with Crippen LogP contribution in [0.25, 0.3) is 5.57 Å². The van der Waals surface area contributed by atoms with Crippen LogP contribution in [-0.4, -0.2) is 29.8 Å². The SMILES string of the molecule is Cc1cc(SCC=C(c2ccccc2)c2cccc(OC(F)(F)F)c2)ccc1OCC(=O)O. The Labute approximate surface area is 193 Å². The summed E-state index contributed by atoms with van der Waals surface area (Å²) in [6, 6.07) is 20.8. The lowest BCUT2D eigenvalue weighted by Crippen LogP contribution is -2.17. The van der Waals surface area contributed by atoms with Crippen LogP contribution in [0.1, 0.15) is 16.7 Å². The molecule has 0 aromatic heterocycles. The van der Waals surface area contributed by atoms with Gasteiger partial charge in [0.2, 0.25) is 0 Å². The van der Waals surface area contributed by atoms with Gasteiger partial charge < -0.3 is 14.6 Å². The Morgan fingerprint density at radius 2 is 1.73 bits per heavy atom. The third-order valence-corrected chi connectivity index (χ3v) is 5.42. The highest BCUT2D eigenvalue weighted by molar-refractivity contribution is 7.99. The minimum absolute atomic E-state index is 0.276. The van der Waals surface area contributed by atoms with Crippen LogP contribution in [0.5, 0.6) is 11.5 Å². The van der Waals surface area contributed by atoms with Gasteiger partial charge in [-0.1, -0.05) is 48.5 Å². The van der Waals surface area contributed by atoms with Crippen molar-refractivity contribution in [3.63, 3.8) is 0 Å². The zero-order valence-electron chi connectivity index (χ0n) is 17.6. The van der Waals surface area contributed by atoms with E-state index in [0.29, 0.717) is 17.1 Å². The molecule has 0 spiro atoms. The summed E-state index contributed by atoms with van der Waals surface area (Å²) < 4.78 is 47.3. The van der Waals surface area contributed by atoms with Crippen LogP contribution in [0.15, 0.2) is 83.8 Å². The summed E-state index contributed by atoms with van der Waals surface area (Å²) in [5, 5.41) is 8.75. The second kappa shape index (κ2) is 11.0. The molecular weight excluding hydrogens is 453 g/mol. The largest absolute Gasteiger partial charge is 0.573 e. The molecule has 0 heterocycles. The lowest BCUT2D eigenvalue weighted by molar-refractivity contribution is -0.274. The molecule has 0 amide bonds. The van der Waals surface area contributed by atoms with E-state index in [4.69, 9.17) is 9.84 Å². The average molecular weight is 475 g/mol. The van der Waals surface area contributed by atoms with Crippen molar-refractivity contribution in [3.05, 3.63) is 95.6 Å². The number of alkyl halides is 3. The third kappa shape index (κ3) is 7.61. The smallest absolute Gasteiger partial charge is 0.482 e. The van der Waals surface area contributed by atoms with Crippen molar-refractivity contribution in [1.82, 2.24) is 0 Å². The van der Waals surface area contributed by atoms with Crippen molar-refractivity contribution >= 4 is 23.3 Å². The predicted molar refractivity (Wildman–Crippen MR) is 122 cm³/mol. The van der Waals surface area contributed by atoms with Crippen molar-refractivity contribution in [1.29, 1.82) is 0 Å². The van der Waals surface area contributed by atoms with Crippen molar-refractivity contribution in [2.75, 3.05) is 12.4 Å². The standard InChI is InChI=1S/C25H21F3O4S/c1-17-14-21(10-11-23(17)31-16-24(29)30)33-13-12-22(18-6-3-2-4-7-18)19-8-5-9-20(15-19)32-25(26,27)28/h2-12,14-15H,13,16H2,1H3,(H,29,30). The Kier molecular flexibility index (Phi) is 8.06. The van der Waals surface area contributed by atoms with Gasteiger partial charge in [-0.3, -0.25) is 0 Å². The molecule has 4 nitrogen and oxygen atoms in total. The lowest BCUT2D eigenvalue weighted by Gasteiger charge is -2.13. The van der Waals surface area contributed by atoms with E-state index in [2.05, 4.69) is 4.74 Å². The van der Waals surface area contributed by atoms with E-state index in [1.807, 2.05) is 55.5 Å². The molecule has 0 aliphatic carbocycles. The summed E-state index contributed by atoms with van der Waals surface area (Å²) in [6.45, 7) is 1.42. The molecular formula is C25H21F3O4S. The molecule has 0 saturated carbocycles. The minimum atomic E-state index is -4.76. The number of aryl methyl sites for hydroxylation is 1. The van der Waals surface area contributed by atoms with E-state index >= 15 is 0 Å². The first-order valence-electron chi connectivity index (χ1n) is 9.91. The molecule has 0 fully saturated rings. The Morgan fingerprint density at radius 3 is 2.39 bits per heavy atom. The van der Waals surface area contributed by atoms with Crippen LogP contribution in [0.2, 0.25) is 0 Å². The first-order valence-corrected chi connectivity index (χ1v) is 10.9. The van der Waals surface area contributed by atoms with Gasteiger partial charge in [-0.2, -0.15) is 0 Å². The zero-order chi connectivity index (χ0) is 23.8. The van der Waals surface area contributed by atoms with E-state index in [9.17, 15) is 18.0 Å². The number of carboxylic acid groups (broad SMARTS) is 1. The Bertz CT molecular complexity index is 1130. The fraction of sp³-hybridized carbons (Fsp3) is 0.160. The number of halogens is 3. The maximum absolute atomic E-state index is 12.7. The molecule has 0 radical (unpaired) electrons. The number of hydrogen-bond acceptors (Lipinski definition) is 4. The van der Waals surface area contributed by atoms with Gasteiger partial charge in [0.05, 0.1) is 0 Å². The number of carbonyl (C=O) groups is 1. The van der Waals surface area contributed by atoms with Gasteiger partial charge in [-0.15, -0.1) is 24.9 Å². The second-order valence-electron chi connectivity index (χ2n) is 6.98. The van der Waals surface area contributed by atoms with Gasteiger partial charge in [0.15, 0.2) is 6.61 Å². The monoisotopic (exact) mass is 474 g/mol. The van der Waals surface area contributed by atoms with Gasteiger partial charge in [0, 0.05) is 10.6 Å². The van der Waals surface area contributed by atoms with Gasteiger partial charge >= 0.3 is 12.3 Å². The number of hydrogen-bond donors (Lipinski definition) is 1. The average Bonchev–Trinajstić information content (AvgIpc) is 2.75. The number of carboxylic acids is 1. The van der Waals surface area contributed by atoms with E-state index in [0.717, 1.165) is 21.6 Å². The molecule has 3 rings (SSSR count). The van der Waals surface area contributed by atoms with Crippen LogP contribution in [0.4, 0.5) is 13.2 Å². The maximum atomic E-state index is 12.7. The van der Waals surface area contributed by atoms with E-state index in [-0.39, 0.29) is 5.75 Å². The third-order valence-electron chi connectivity index (χ3n) is 4.50. The molecule has 0 aliphatic rings. The quantitative estimate of drug-likeness (QED) is 0.355.